The summed E-state index contributed by atoms with van der Waals surface area (Å²) in [6, 6.07) is 19.0. The van der Waals surface area contributed by atoms with Crippen molar-refractivity contribution >= 4 is 32.7 Å². The number of para-hydroxylation sites is 1. The van der Waals surface area contributed by atoms with E-state index < -0.39 is 0 Å². The fraction of sp³-hybridized carbons (Fsp3) is 0.0588. The van der Waals surface area contributed by atoms with Crippen LogP contribution < -0.4 is 0 Å². The fourth-order valence-corrected chi connectivity index (χ4v) is 2.67. The van der Waals surface area contributed by atoms with Gasteiger partial charge in [-0.05, 0) is 23.9 Å². The molecule has 4 aromatic rings. The Hall–Kier alpha value is -2.28. The Labute approximate surface area is 105 Å². The van der Waals surface area contributed by atoms with E-state index in [2.05, 4.69) is 61.5 Å². The number of rotatable bonds is 0. The van der Waals surface area contributed by atoms with Gasteiger partial charge in [-0.1, -0.05) is 48.5 Å². The minimum Gasteiger partial charge on any atom is -0.455 e. The van der Waals surface area contributed by atoms with Gasteiger partial charge in [0.2, 0.25) is 0 Å². The number of hydrogen-bond donors (Lipinski definition) is 0. The van der Waals surface area contributed by atoms with E-state index in [1.807, 2.05) is 0 Å². The third-order valence-electron chi connectivity index (χ3n) is 3.59. The van der Waals surface area contributed by atoms with Crippen molar-refractivity contribution in [1.29, 1.82) is 0 Å². The molecule has 0 bridgehead atoms. The lowest BCUT2D eigenvalue weighted by Gasteiger charge is -1.97. The molecule has 1 heterocycles. The molecule has 18 heavy (non-hydrogen) atoms. The van der Waals surface area contributed by atoms with Gasteiger partial charge in [-0.3, -0.25) is 0 Å². The van der Waals surface area contributed by atoms with Crippen LogP contribution in [0.25, 0.3) is 32.7 Å². The molecule has 0 amide bonds. The third kappa shape index (κ3) is 1.16. The maximum Gasteiger partial charge on any atom is 0.143 e. The van der Waals surface area contributed by atoms with Crippen LogP contribution in [0.4, 0.5) is 0 Å². The van der Waals surface area contributed by atoms with Gasteiger partial charge in [-0.25, -0.2) is 0 Å². The second-order valence-corrected chi connectivity index (χ2v) is 4.72. The van der Waals surface area contributed by atoms with Crippen LogP contribution >= 0.6 is 0 Å². The molecule has 0 radical (unpaired) electrons. The second kappa shape index (κ2) is 3.36. The van der Waals surface area contributed by atoms with Crippen LogP contribution in [0.1, 0.15) is 5.56 Å². The standard InChI is InChI=1S/C17H12O/c1-11-5-4-8-14-15-10-9-12-6-2-3-7-13(12)17(15)18-16(11)14/h2-10H,1H3. The minimum atomic E-state index is 0.998. The van der Waals surface area contributed by atoms with Crippen molar-refractivity contribution in [3.8, 4) is 0 Å². The fourth-order valence-electron chi connectivity index (χ4n) is 2.67. The van der Waals surface area contributed by atoms with Crippen LogP contribution in [0.2, 0.25) is 0 Å². The summed E-state index contributed by atoms with van der Waals surface area (Å²) < 4.78 is 6.10. The van der Waals surface area contributed by atoms with Crippen LogP contribution in [0.15, 0.2) is 59.0 Å². The molecule has 0 fully saturated rings. The zero-order valence-corrected chi connectivity index (χ0v) is 10.1. The molecule has 3 aromatic carbocycles. The van der Waals surface area contributed by atoms with Crippen molar-refractivity contribution < 1.29 is 4.42 Å². The summed E-state index contributed by atoms with van der Waals surface area (Å²) in [6.45, 7) is 2.09. The van der Waals surface area contributed by atoms with E-state index >= 15 is 0 Å². The molecule has 1 aromatic heterocycles. The van der Waals surface area contributed by atoms with Gasteiger partial charge >= 0.3 is 0 Å². The zero-order valence-electron chi connectivity index (χ0n) is 10.1. The summed E-state index contributed by atoms with van der Waals surface area (Å²) >= 11 is 0. The van der Waals surface area contributed by atoms with Crippen LogP contribution in [-0.2, 0) is 0 Å². The van der Waals surface area contributed by atoms with E-state index in [1.165, 1.54) is 27.1 Å². The van der Waals surface area contributed by atoms with Crippen LogP contribution in [-0.4, -0.2) is 0 Å². The first-order valence-electron chi connectivity index (χ1n) is 6.14. The van der Waals surface area contributed by atoms with Crippen LogP contribution in [0, 0.1) is 6.92 Å². The number of aryl methyl sites for hydroxylation is 1. The van der Waals surface area contributed by atoms with E-state index in [0.29, 0.717) is 0 Å². The van der Waals surface area contributed by atoms with Gasteiger partial charge in [0.1, 0.15) is 11.2 Å². The Balaban J connectivity index is 2.33. The van der Waals surface area contributed by atoms with E-state index in [0.717, 1.165) is 11.2 Å². The van der Waals surface area contributed by atoms with Crippen LogP contribution in [0.3, 0.4) is 0 Å². The van der Waals surface area contributed by atoms with E-state index in [1.54, 1.807) is 0 Å². The first kappa shape index (κ1) is 9.72. The lowest BCUT2D eigenvalue weighted by Crippen LogP contribution is -1.72. The summed E-state index contributed by atoms with van der Waals surface area (Å²) in [5.41, 5.74) is 3.19. The Morgan fingerprint density at radius 1 is 0.667 bits per heavy atom. The molecule has 1 nitrogen and oxygen atoms in total. The van der Waals surface area contributed by atoms with E-state index in [4.69, 9.17) is 4.42 Å². The lowest BCUT2D eigenvalue weighted by molar-refractivity contribution is 0.669. The lowest BCUT2D eigenvalue weighted by atomic mass is 10.1. The predicted octanol–water partition coefficient (Wildman–Crippen LogP) is 5.05. The summed E-state index contributed by atoms with van der Waals surface area (Å²) in [5, 5.41) is 4.82. The molecule has 4 rings (SSSR count). The highest BCUT2D eigenvalue weighted by molar-refractivity contribution is 6.15. The number of hydrogen-bond acceptors (Lipinski definition) is 1. The zero-order chi connectivity index (χ0) is 12.1. The Kier molecular flexibility index (Phi) is 1.81. The summed E-state index contributed by atoms with van der Waals surface area (Å²) in [4.78, 5) is 0. The van der Waals surface area contributed by atoms with Crippen molar-refractivity contribution in [3.05, 3.63) is 60.2 Å². The highest BCUT2D eigenvalue weighted by atomic mass is 16.3. The molecule has 0 aliphatic rings. The summed E-state index contributed by atoms with van der Waals surface area (Å²) in [6.07, 6.45) is 0. The van der Waals surface area contributed by atoms with Gasteiger partial charge in [-0.2, -0.15) is 0 Å². The Morgan fingerprint density at radius 3 is 2.39 bits per heavy atom. The van der Waals surface area contributed by atoms with Crippen molar-refractivity contribution in [2.24, 2.45) is 0 Å². The van der Waals surface area contributed by atoms with Crippen molar-refractivity contribution in [2.75, 3.05) is 0 Å². The van der Waals surface area contributed by atoms with Crippen molar-refractivity contribution in [3.63, 3.8) is 0 Å². The molecular weight excluding hydrogens is 220 g/mol. The average Bonchev–Trinajstić information content (AvgIpc) is 2.79. The topological polar surface area (TPSA) is 13.1 Å². The van der Waals surface area contributed by atoms with Crippen LogP contribution in [0.5, 0.6) is 0 Å². The van der Waals surface area contributed by atoms with Gasteiger partial charge in [0.05, 0.1) is 0 Å². The van der Waals surface area contributed by atoms with Gasteiger partial charge < -0.3 is 4.42 Å². The third-order valence-corrected chi connectivity index (χ3v) is 3.59. The molecule has 0 aliphatic heterocycles. The van der Waals surface area contributed by atoms with E-state index in [-0.39, 0.29) is 0 Å². The SMILES string of the molecule is Cc1cccc2c1oc1c3ccccc3ccc21. The normalized spacial score (nSPS) is 11.6. The largest absolute Gasteiger partial charge is 0.455 e. The maximum atomic E-state index is 6.10. The van der Waals surface area contributed by atoms with Crippen molar-refractivity contribution in [2.45, 2.75) is 6.92 Å². The smallest absolute Gasteiger partial charge is 0.143 e. The van der Waals surface area contributed by atoms with Gasteiger partial charge in [-0.15, -0.1) is 0 Å². The minimum absolute atomic E-state index is 0.998. The average molecular weight is 232 g/mol. The molecule has 0 aliphatic carbocycles. The molecule has 0 spiro atoms. The number of fused-ring (bicyclic) bond motifs is 5. The molecule has 86 valence electrons. The predicted molar refractivity (Wildman–Crippen MR) is 76.0 cm³/mol. The van der Waals surface area contributed by atoms with Gasteiger partial charge in [0, 0.05) is 16.2 Å². The maximum absolute atomic E-state index is 6.10. The molecule has 0 N–H and O–H groups in total. The molecule has 1 heteroatoms. The Morgan fingerprint density at radius 2 is 1.44 bits per heavy atom. The highest BCUT2D eigenvalue weighted by Crippen LogP contribution is 2.34. The van der Waals surface area contributed by atoms with Gasteiger partial charge in [0.15, 0.2) is 0 Å². The monoisotopic (exact) mass is 232 g/mol. The Bertz CT molecular complexity index is 884. The number of furan rings is 1. The highest BCUT2D eigenvalue weighted by Gasteiger charge is 2.10. The first-order chi connectivity index (χ1) is 8.84. The molecule has 0 atom stereocenters. The summed E-state index contributed by atoms with van der Waals surface area (Å²) in [7, 11) is 0. The molecule has 0 saturated carbocycles. The first-order valence-corrected chi connectivity index (χ1v) is 6.14. The van der Waals surface area contributed by atoms with E-state index in [9.17, 15) is 0 Å². The summed E-state index contributed by atoms with van der Waals surface area (Å²) in [5.74, 6) is 0. The quantitative estimate of drug-likeness (QED) is 0.413. The molecule has 0 unspecified atom stereocenters. The van der Waals surface area contributed by atoms with Gasteiger partial charge in [0.25, 0.3) is 0 Å². The molecular formula is C17H12O. The molecule has 0 saturated heterocycles. The van der Waals surface area contributed by atoms with Crippen molar-refractivity contribution in [1.82, 2.24) is 0 Å². The second-order valence-electron chi connectivity index (χ2n) is 4.72. The number of benzene rings is 3.